The Kier molecular flexibility index (Phi) is 5.06. The average molecular weight is 463 g/mol. The Hall–Kier alpha value is -2.35. The Morgan fingerprint density at radius 3 is 2.28 bits per heavy atom. The van der Waals surface area contributed by atoms with E-state index in [0.29, 0.717) is 29.7 Å². The molecule has 29 heavy (non-hydrogen) atoms. The fourth-order valence-corrected chi connectivity index (χ4v) is 3.88. The van der Waals surface area contributed by atoms with Gasteiger partial charge in [0.25, 0.3) is 15.9 Å². The van der Waals surface area contributed by atoms with Crippen LogP contribution in [0, 0.1) is 0 Å². The molecule has 0 bridgehead atoms. The second-order valence-corrected chi connectivity index (χ2v) is 8.10. The number of sulfonamides is 1. The van der Waals surface area contributed by atoms with Gasteiger partial charge >= 0.3 is 12.4 Å². The highest BCUT2D eigenvalue weighted by atomic mass is 35.5. The second-order valence-electron chi connectivity index (χ2n) is 6.04. The van der Waals surface area contributed by atoms with Crippen molar-refractivity contribution in [1.29, 1.82) is 0 Å². The molecule has 1 heterocycles. The molecule has 15 heteroatoms. The quantitative estimate of drug-likeness (QED) is 0.703. The lowest BCUT2D eigenvalue weighted by Crippen LogP contribution is -2.33. The zero-order valence-corrected chi connectivity index (χ0v) is 15.4. The summed E-state index contributed by atoms with van der Waals surface area (Å²) in [5, 5.41) is 5.68. The van der Waals surface area contributed by atoms with Gasteiger partial charge in [-0.2, -0.15) is 26.3 Å². The topological polar surface area (TPSA) is 93.9 Å². The fourth-order valence-electron chi connectivity index (χ4n) is 2.40. The monoisotopic (exact) mass is 462 g/mol. The number of carbonyl (C=O) groups excluding carboxylic acids is 1. The third-order valence-electron chi connectivity index (χ3n) is 3.85. The maximum Gasteiger partial charge on any atom is 0.435 e. The summed E-state index contributed by atoms with van der Waals surface area (Å²) in [6.45, 7) is 0. The molecule has 1 saturated carbocycles. The maximum atomic E-state index is 13.3. The molecule has 7 nitrogen and oxygen atoms in total. The Morgan fingerprint density at radius 2 is 1.76 bits per heavy atom. The van der Waals surface area contributed by atoms with E-state index in [1.807, 2.05) is 0 Å². The lowest BCUT2D eigenvalue weighted by molar-refractivity contribution is -0.144. The normalized spacial score (nSPS) is 15.4. The molecule has 1 aromatic heterocycles. The van der Waals surface area contributed by atoms with E-state index in [1.165, 1.54) is 4.72 Å². The van der Waals surface area contributed by atoms with Crippen LogP contribution in [0.3, 0.4) is 0 Å². The van der Waals surface area contributed by atoms with Crippen LogP contribution in [0.2, 0.25) is 5.02 Å². The van der Waals surface area contributed by atoms with Gasteiger partial charge in [0.1, 0.15) is 4.90 Å². The first kappa shape index (κ1) is 21.4. The van der Waals surface area contributed by atoms with E-state index >= 15 is 0 Å². The van der Waals surface area contributed by atoms with Crippen LogP contribution in [0.5, 0.6) is 0 Å². The first-order valence-corrected chi connectivity index (χ1v) is 9.54. The average Bonchev–Trinajstić information content (AvgIpc) is 3.30. The predicted octanol–water partition coefficient (Wildman–Crippen LogP) is 3.42. The highest BCUT2D eigenvalue weighted by molar-refractivity contribution is 7.90. The molecule has 0 unspecified atom stereocenters. The van der Waals surface area contributed by atoms with E-state index in [9.17, 15) is 39.6 Å². The SMILES string of the molecule is O=C(NS(=O)(=O)c1cc(C(F)(F)F)ccc1Cl)c1nnn(C2CC2)c1C(F)(F)F. The zero-order valence-electron chi connectivity index (χ0n) is 13.8. The number of hydrogen-bond acceptors (Lipinski definition) is 5. The summed E-state index contributed by atoms with van der Waals surface area (Å²) in [6.07, 6.45) is -9.26. The maximum absolute atomic E-state index is 13.3. The molecule has 1 aliphatic carbocycles. The van der Waals surface area contributed by atoms with Crippen molar-refractivity contribution in [2.45, 2.75) is 36.1 Å². The lowest BCUT2D eigenvalue weighted by Gasteiger charge is -2.13. The molecular formula is C14H9ClF6N4O3S. The number of halogens is 7. The van der Waals surface area contributed by atoms with E-state index in [0.717, 1.165) is 0 Å². The largest absolute Gasteiger partial charge is 0.435 e. The van der Waals surface area contributed by atoms with Crippen molar-refractivity contribution in [1.82, 2.24) is 19.7 Å². The van der Waals surface area contributed by atoms with Crippen LogP contribution < -0.4 is 4.72 Å². The summed E-state index contributed by atoms with van der Waals surface area (Å²) in [4.78, 5) is 11.0. The summed E-state index contributed by atoms with van der Waals surface area (Å²) in [7, 11) is -5.05. The van der Waals surface area contributed by atoms with E-state index < -0.39 is 61.2 Å². The summed E-state index contributed by atoms with van der Waals surface area (Å²) in [6, 6.07) is 0.666. The molecule has 1 aliphatic rings. The van der Waals surface area contributed by atoms with Gasteiger partial charge in [0.15, 0.2) is 11.4 Å². The van der Waals surface area contributed by atoms with Gasteiger partial charge in [-0.3, -0.25) is 4.79 Å². The van der Waals surface area contributed by atoms with E-state index in [1.54, 1.807) is 0 Å². The molecule has 1 aromatic carbocycles. The van der Waals surface area contributed by atoms with Crippen LogP contribution in [-0.2, 0) is 22.4 Å². The van der Waals surface area contributed by atoms with Crippen molar-refractivity contribution in [3.8, 4) is 0 Å². The zero-order chi connectivity index (χ0) is 21.8. The number of nitrogens with one attached hydrogen (secondary N) is 1. The number of nitrogens with zero attached hydrogens (tertiary/aromatic N) is 3. The van der Waals surface area contributed by atoms with Crippen molar-refractivity contribution in [3.63, 3.8) is 0 Å². The highest BCUT2D eigenvalue weighted by Crippen LogP contribution is 2.40. The van der Waals surface area contributed by atoms with Crippen molar-refractivity contribution in [3.05, 3.63) is 40.2 Å². The molecule has 0 aliphatic heterocycles. The van der Waals surface area contributed by atoms with Gasteiger partial charge in [0, 0.05) is 0 Å². The molecule has 3 rings (SSSR count). The number of alkyl halides is 6. The lowest BCUT2D eigenvalue weighted by atomic mass is 10.2. The number of rotatable bonds is 4. The van der Waals surface area contributed by atoms with Crippen LogP contribution in [0.15, 0.2) is 23.1 Å². The first-order chi connectivity index (χ1) is 13.2. The fraction of sp³-hybridized carbons (Fsp3) is 0.357. The number of amides is 1. The third-order valence-corrected chi connectivity index (χ3v) is 5.66. The molecule has 1 fully saturated rings. The number of hydrogen-bond donors (Lipinski definition) is 1. The first-order valence-electron chi connectivity index (χ1n) is 7.68. The summed E-state index contributed by atoms with van der Waals surface area (Å²) in [5.74, 6) is -1.81. The summed E-state index contributed by atoms with van der Waals surface area (Å²) in [5.41, 5.74) is -4.26. The molecule has 0 saturated heterocycles. The second kappa shape index (κ2) is 6.86. The molecule has 0 atom stereocenters. The third kappa shape index (κ3) is 4.32. The molecule has 0 spiro atoms. The van der Waals surface area contributed by atoms with Gasteiger partial charge in [-0.05, 0) is 31.0 Å². The molecule has 158 valence electrons. The Labute approximate surface area is 163 Å². The van der Waals surface area contributed by atoms with Gasteiger partial charge in [-0.1, -0.05) is 16.8 Å². The minimum absolute atomic E-state index is 0.156. The van der Waals surface area contributed by atoms with E-state index in [-0.39, 0.29) is 6.07 Å². The van der Waals surface area contributed by atoms with Crippen LogP contribution in [0.1, 0.15) is 40.6 Å². The van der Waals surface area contributed by atoms with Crippen LogP contribution in [-0.4, -0.2) is 29.3 Å². The standard InChI is InChI=1S/C14H9ClF6N4O3S/c15-8-4-1-6(13(16,17)18)5-9(8)29(27,28)23-12(26)10-11(14(19,20)21)25(24-22-10)7-2-3-7/h1,4-5,7H,2-3H2,(H,23,26). The Balaban J connectivity index is 1.98. The van der Waals surface area contributed by atoms with Crippen molar-refractivity contribution in [2.24, 2.45) is 0 Å². The molecular weight excluding hydrogens is 454 g/mol. The Bertz CT molecular complexity index is 1080. The highest BCUT2D eigenvalue weighted by Gasteiger charge is 2.45. The Morgan fingerprint density at radius 1 is 1.14 bits per heavy atom. The summed E-state index contributed by atoms with van der Waals surface area (Å²) >= 11 is 5.61. The van der Waals surface area contributed by atoms with E-state index in [4.69, 9.17) is 11.6 Å². The molecule has 2 aromatic rings. The van der Waals surface area contributed by atoms with Gasteiger partial charge in [0.2, 0.25) is 0 Å². The van der Waals surface area contributed by atoms with Crippen molar-refractivity contribution < 1.29 is 39.6 Å². The minimum Gasteiger partial charge on any atom is -0.266 e. The van der Waals surface area contributed by atoms with Gasteiger partial charge in [-0.15, -0.1) is 5.10 Å². The van der Waals surface area contributed by atoms with Crippen molar-refractivity contribution in [2.75, 3.05) is 0 Å². The van der Waals surface area contributed by atoms with E-state index in [2.05, 4.69) is 10.3 Å². The molecule has 1 amide bonds. The smallest absolute Gasteiger partial charge is 0.266 e. The predicted molar refractivity (Wildman–Crippen MR) is 84.4 cm³/mol. The van der Waals surface area contributed by atoms with Gasteiger partial charge < -0.3 is 0 Å². The van der Waals surface area contributed by atoms with Crippen LogP contribution in [0.25, 0.3) is 0 Å². The van der Waals surface area contributed by atoms with Crippen LogP contribution >= 0.6 is 11.6 Å². The molecule has 1 N–H and O–H groups in total. The number of aromatic nitrogens is 3. The number of benzene rings is 1. The van der Waals surface area contributed by atoms with Crippen molar-refractivity contribution >= 4 is 27.5 Å². The molecule has 0 radical (unpaired) electrons. The van der Waals surface area contributed by atoms with Crippen LogP contribution in [0.4, 0.5) is 26.3 Å². The summed E-state index contributed by atoms with van der Waals surface area (Å²) < 4.78 is 105. The minimum atomic E-state index is -5.07. The van der Waals surface area contributed by atoms with Gasteiger partial charge in [-0.25, -0.2) is 17.8 Å². The van der Waals surface area contributed by atoms with Gasteiger partial charge in [0.05, 0.1) is 16.6 Å². The number of carbonyl (C=O) groups is 1.